The van der Waals surface area contributed by atoms with Crippen LogP contribution in [0.4, 0.5) is 11.5 Å². The second-order valence-electron chi connectivity index (χ2n) is 6.85. The number of carbonyl (C=O) groups excluding carboxylic acids is 1. The minimum atomic E-state index is -3.86. The molecule has 0 bridgehead atoms. The third kappa shape index (κ3) is 4.81. The van der Waals surface area contributed by atoms with Crippen LogP contribution in [0.3, 0.4) is 0 Å². The van der Waals surface area contributed by atoms with Crippen LogP contribution in [-0.2, 0) is 10.0 Å². The zero-order valence-corrected chi connectivity index (χ0v) is 17.2. The molecule has 0 aliphatic carbocycles. The number of rotatable bonds is 4. The SMILES string of the molecule is Cc1nc(N2CCCCCC2)c(C(=O)Nc2cccc(S(N)(=O)=O)c2)cc1Cl. The molecule has 0 radical (unpaired) electrons. The molecular weight excluding hydrogens is 400 g/mol. The highest BCUT2D eigenvalue weighted by molar-refractivity contribution is 7.89. The number of hydrogen-bond donors (Lipinski definition) is 2. The van der Waals surface area contributed by atoms with Gasteiger partial charge in [-0.1, -0.05) is 30.5 Å². The van der Waals surface area contributed by atoms with Crippen LogP contribution in [0.1, 0.15) is 41.7 Å². The maximum atomic E-state index is 13.0. The Hall–Kier alpha value is -2.16. The van der Waals surface area contributed by atoms with Gasteiger partial charge in [0, 0.05) is 18.8 Å². The summed E-state index contributed by atoms with van der Waals surface area (Å²) in [5, 5.41) is 8.30. The summed E-state index contributed by atoms with van der Waals surface area (Å²) in [5.74, 6) is 0.198. The lowest BCUT2D eigenvalue weighted by Crippen LogP contribution is -2.28. The number of benzene rings is 1. The van der Waals surface area contributed by atoms with Gasteiger partial charge in [-0.15, -0.1) is 0 Å². The van der Waals surface area contributed by atoms with Gasteiger partial charge < -0.3 is 10.2 Å². The number of nitrogens with two attached hydrogens (primary N) is 1. The highest BCUT2D eigenvalue weighted by Gasteiger charge is 2.22. The molecule has 150 valence electrons. The summed E-state index contributed by atoms with van der Waals surface area (Å²) in [7, 11) is -3.86. The maximum absolute atomic E-state index is 13.0. The highest BCUT2D eigenvalue weighted by atomic mass is 35.5. The summed E-state index contributed by atoms with van der Waals surface area (Å²) >= 11 is 6.23. The molecule has 3 rings (SSSR count). The van der Waals surface area contributed by atoms with E-state index in [9.17, 15) is 13.2 Å². The Bertz CT molecular complexity index is 987. The number of aromatic nitrogens is 1. The number of nitrogens with one attached hydrogen (secondary N) is 1. The molecule has 0 saturated carbocycles. The van der Waals surface area contributed by atoms with Gasteiger partial charge in [-0.25, -0.2) is 18.5 Å². The van der Waals surface area contributed by atoms with Gasteiger partial charge in [0.2, 0.25) is 10.0 Å². The first kappa shape index (κ1) is 20.6. The predicted octanol–water partition coefficient (Wildman–Crippen LogP) is 3.32. The van der Waals surface area contributed by atoms with Gasteiger partial charge in [0.25, 0.3) is 5.91 Å². The lowest BCUT2D eigenvalue weighted by molar-refractivity contribution is 0.102. The summed E-state index contributed by atoms with van der Waals surface area (Å²) in [5.41, 5.74) is 1.35. The molecule has 1 aliphatic rings. The van der Waals surface area contributed by atoms with Crippen molar-refractivity contribution in [3.63, 3.8) is 0 Å². The Morgan fingerprint density at radius 3 is 2.50 bits per heavy atom. The van der Waals surface area contributed by atoms with Crippen molar-refractivity contribution in [3.8, 4) is 0 Å². The molecule has 3 N–H and O–H groups in total. The number of amides is 1. The molecule has 1 saturated heterocycles. The third-order valence-corrected chi connectivity index (χ3v) is 6.00. The van der Waals surface area contributed by atoms with Gasteiger partial charge in [-0.2, -0.15) is 0 Å². The van der Waals surface area contributed by atoms with Gasteiger partial charge in [0.1, 0.15) is 5.82 Å². The maximum Gasteiger partial charge on any atom is 0.259 e. The van der Waals surface area contributed by atoms with Crippen molar-refractivity contribution in [2.24, 2.45) is 5.14 Å². The first-order valence-electron chi connectivity index (χ1n) is 9.12. The van der Waals surface area contributed by atoms with Crippen molar-refractivity contribution in [2.45, 2.75) is 37.5 Å². The van der Waals surface area contributed by atoms with Gasteiger partial charge in [-0.3, -0.25) is 4.79 Å². The number of primary sulfonamides is 1. The van der Waals surface area contributed by atoms with Crippen molar-refractivity contribution in [1.29, 1.82) is 0 Å². The second-order valence-corrected chi connectivity index (χ2v) is 8.82. The van der Waals surface area contributed by atoms with Crippen molar-refractivity contribution < 1.29 is 13.2 Å². The quantitative estimate of drug-likeness (QED) is 0.786. The van der Waals surface area contributed by atoms with E-state index in [0.29, 0.717) is 27.8 Å². The van der Waals surface area contributed by atoms with Crippen LogP contribution in [0.15, 0.2) is 35.2 Å². The molecule has 1 aromatic heterocycles. The third-order valence-electron chi connectivity index (χ3n) is 4.70. The molecule has 7 nitrogen and oxygen atoms in total. The van der Waals surface area contributed by atoms with Crippen LogP contribution < -0.4 is 15.4 Å². The van der Waals surface area contributed by atoms with E-state index in [4.69, 9.17) is 16.7 Å². The number of pyridine rings is 1. The molecule has 28 heavy (non-hydrogen) atoms. The molecule has 1 aliphatic heterocycles. The summed E-state index contributed by atoms with van der Waals surface area (Å²) in [6.45, 7) is 3.46. The lowest BCUT2D eigenvalue weighted by Gasteiger charge is -2.24. The highest BCUT2D eigenvalue weighted by Crippen LogP contribution is 2.27. The fourth-order valence-electron chi connectivity index (χ4n) is 3.21. The second kappa shape index (κ2) is 8.46. The van der Waals surface area contributed by atoms with E-state index in [1.165, 1.54) is 18.2 Å². The molecule has 2 aromatic rings. The normalized spacial score (nSPS) is 15.2. The number of nitrogens with zero attached hydrogens (tertiary/aromatic N) is 2. The van der Waals surface area contributed by atoms with Gasteiger partial charge in [0.15, 0.2) is 0 Å². The minimum absolute atomic E-state index is 0.0712. The van der Waals surface area contributed by atoms with E-state index >= 15 is 0 Å². The summed E-state index contributed by atoms with van der Waals surface area (Å²) in [4.78, 5) is 19.6. The number of aryl methyl sites for hydroxylation is 1. The summed E-state index contributed by atoms with van der Waals surface area (Å²) in [6, 6.07) is 7.43. The number of anilines is 2. The van der Waals surface area contributed by atoms with Crippen molar-refractivity contribution in [3.05, 3.63) is 46.6 Å². The van der Waals surface area contributed by atoms with Crippen molar-refractivity contribution >= 4 is 39.0 Å². The van der Waals surface area contributed by atoms with E-state index in [0.717, 1.165) is 38.8 Å². The van der Waals surface area contributed by atoms with Crippen LogP contribution in [0.25, 0.3) is 0 Å². The Balaban J connectivity index is 1.94. The number of sulfonamides is 1. The zero-order chi connectivity index (χ0) is 20.3. The van der Waals surface area contributed by atoms with Crippen molar-refractivity contribution in [1.82, 2.24) is 4.98 Å². The minimum Gasteiger partial charge on any atom is -0.356 e. The zero-order valence-electron chi connectivity index (χ0n) is 15.6. The van der Waals surface area contributed by atoms with E-state index in [1.54, 1.807) is 19.1 Å². The molecule has 1 amide bonds. The molecule has 0 unspecified atom stereocenters. The van der Waals surface area contributed by atoms with E-state index in [-0.39, 0.29) is 4.90 Å². The van der Waals surface area contributed by atoms with E-state index in [2.05, 4.69) is 15.2 Å². The molecule has 1 fully saturated rings. The molecular formula is C19H23ClN4O3S. The van der Waals surface area contributed by atoms with Crippen molar-refractivity contribution in [2.75, 3.05) is 23.3 Å². The average molecular weight is 423 g/mol. The number of hydrogen-bond acceptors (Lipinski definition) is 5. The first-order valence-corrected chi connectivity index (χ1v) is 11.0. The fraction of sp³-hybridized carbons (Fsp3) is 0.368. The molecule has 2 heterocycles. The topological polar surface area (TPSA) is 105 Å². The molecule has 0 spiro atoms. The van der Waals surface area contributed by atoms with E-state index < -0.39 is 15.9 Å². The van der Waals surface area contributed by atoms with Gasteiger partial charge >= 0.3 is 0 Å². The van der Waals surface area contributed by atoms with Crippen LogP contribution in [-0.4, -0.2) is 32.4 Å². The molecule has 0 atom stereocenters. The number of halogens is 1. The largest absolute Gasteiger partial charge is 0.356 e. The van der Waals surface area contributed by atoms with Crippen LogP contribution in [0, 0.1) is 6.92 Å². The van der Waals surface area contributed by atoms with E-state index in [1.807, 2.05) is 0 Å². The average Bonchev–Trinajstić information content (AvgIpc) is 2.92. The van der Waals surface area contributed by atoms with Gasteiger partial charge in [-0.05, 0) is 44.0 Å². The summed E-state index contributed by atoms with van der Waals surface area (Å²) in [6.07, 6.45) is 4.40. The molecule has 1 aromatic carbocycles. The van der Waals surface area contributed by atoms with Crippen LogP contribution >= 0.6 is 11.6 Å². The predicted molar refractivity (Wildman–Crippen MR) is 110 cm³/mol. The van der Waals surface area contributed by atoms with Crippen LogP contribution in [0.2, 0.25) is 5.02 Å². The summed E-state index contributed by atoms with van der Waals surface area (Å²) < 4.78 is 23.1. The Labute approximate surface area is 169 Å². The number of carbonyl (C=O) groups is 1. The Kier molecular flexibility index (Phi) is 6.22. The standard InChI is InChI=1S/C19H23ClN4O3S/c1-13-17(20)12-16(18(22-13)24-9-4-2-3-5-10-24)19(25)23-14-7-6-8-15(11-14)28(21,26)27/h6-8,11-12H,2-5,9-10H2,1H3,(H,23,25)(H2,21,26,27). The monoisotopic (exact) mass is 422 g/mol. The van der Waals surface area contributed by atoms with Crippen LogP contribution in [0.5, 0.6) is 0 Å². The lowest BCUT2D eigenvalue weighted by atomic mass is 10.2. The smallest absolute Gasteiger partial charge is 0.259 e. The Morgan fingerprint density at radius 1 is 1.18 bits per heavy atom. The first-order chi connectivity index (χ1) is 13.3. The van der Waals surface area contributed by atoms with Gasteiger partial charge in [0.05, 0.1) is 21.2 Å². The Morgan fingerprint density at radius 2 is 1.86 bits per heavy atom. The fourth-order valence-corrected chi connectivity index (χ4v) is 3.92. The molecule has 9 heteroatoms.